The van der Waals surface area contributed by atoms with Crippen LogP contribution in [0.5, 0.6) is 0 Å². The minimum Gasteiger partial charge on any atom is -0.323 e. The van der Waals surface area contributed by atoms with Gasteiger partial charge in [0.05, 0.1) is 0 Å². The van der Waals surface area contributed by atoms with Crippen LogP contribution in [0.4, 0.5) is 5.69 Å². The summed E-state index contributed by atoms with van der Waals surface area (Å²) in [5.41, 5.74) is 2.79. The Hall–Kier alpha value is -0.540. The smallest absolute Gasteiger partial charge is 0.141 e. The first-order valence-corrected chi connectivity index (χ1v) is 5.79. The third kappa shape index (κ3) is 1.04. The highest BCUT2D eigenvalue weighted by Crippen LogP contribution is 2.39. The Morgan fingerprint density at radius 3 is 3.15 bits per heavy atom. The van der Waals surface area contributed by atoms with Gasteiger partial charge in [0.15, 0.2) is 0 Å². The third-order valence-corrected chi connectivity index (χ3v) is 4.21. The molecule has 0 aliphatic carbocycles. The number of thioether (sulfide) groups is 1. The van der Waals surface area contributed by atoms with Gasteiger partial charge in [0.2, 0.25) is 0 Å². The standard InChI is InChI=1S/C10H9NS2/c12-10-11-8(6-13-10)5-7-3-1-2-4-9(7)11/h1-4,8H,5-6H2. The van der Waals surface area contributed by atoms with E-state index in [1.165, 1.54) is 17.7 Å². The van der Waals surface area contributed by atoms with Crippen molar-refractivity contribution in [3.05, 3.63) is 29.8 Å². The normalized spacial score (nSPS) is 24.8. The molecule has 1 aromatic carbocycles. The van der Waals surface area contributed by atoms with Gasteiger partial charge in [-0.3, -0.25) is 0 Å². The van der Waals surface area contributed by atoms with Gasteiger partial charge in [-0.2, -0.15) is 0 Å². The second-order valence-corrected chi connectivity index (χ2v) is 5.09. The first kappa shape index (κ1) is 7.83. The second kappa shape index (κ2) is 2.72. The first-order valence-electron chi connectivity index (χ1n) is 4.40. The van der Waals surface area contributed by atoms with Crippen LogP contribution in [0.2, 0.25) is 0 Å². The number of thiocarbonyl (C=S) groups is 1. The molecule has 1 atom stereocenters. The maximum absolute atomic E-state index is 5.32. The average Bonchev–Trinajstić information content (AvgIpc) is 2.66. The highest BCUT2D eigenvalue weighted by Gasteiger charge is 2.36. The van der Waals surface area contributed by atoms with E-state index in [1.807, 2.05) is 11.8 Å². The predicted octanol–water partition coefficient (Wildman–Crippen LogP) is 2.45. The quantitative estimate of drug-likeness (QED) is 0.602. The summed E-state index contributed by atoms with van der Waals surface area (Å²) in [6.45, 7) is 0. The summed E-state index contributed by atoms with van der Waals surface area (Å²) < 4.78 is 1.05. The Morgan fingerprint density at radius 1 is 1.38 bits per heavy atom. The number of para-hydroxylation sites is 1. The summed E-state index contributed by atoms with van der Waals surface area (Å²) >= 11 is 7.13. The van der Waals surface area contributed by atoms with Crippen molar-refractivity contribution in [3.63, 3.8) is 0 Å². The van der Waals surface area contributed by atoms with Crippen molar-refractivity contribution in [1.82, 2.24) is 0 Å². The Morgan fingerprint density at radius 2 is 2.23 bits per heavy atom. The van der Waals surface area contributed by atoms with Crippen molar-refractivity contribution in [3.8, 4) is 0 Å². The van der Waals surface area contributed by atoms with E-state index in [1.54, 1.807) is 0 Å². The van der Waals surface area contributed by atoms with Gasteiger partial charge in [0.1, 0.15) is 4.32 Å². The number of nitrogens with zero attached hydrogens (tertiary/aromatic N) is 1. The molecule has 0 spiro atoms. The van der Waals surface area contributed by atoms with Crippen LogP contribution in [0.15, 0.2) is 24.3 Å². The molecule has 0 N–H and O–H groups in total. The van der Waals surface area contributed by atoms with Crippen molar-refractivity contribution in [2.24, 2.45) is 0 Å². The van der Waals surface area contributed by atoms with E-state index in [2.05, 4.69) is 29.2 Å². The van der Waals surface area contributed by atoms with Crippen LogP contribution >= 0.6 is 24.0 Å². The van der Waals surface area contributed by atoms with Gasteiger partial charge < -0.3 is 4.90 Å². The Bertz CT molecular complexity index is 375. The minimum atomic E-state index is 0.634. The Balaban J connectivity index is 2.13. The lowest BCUT2D eigenvalue weighted by Crippen LogP contribution is -2.28. The number of hydrogen-bond acceptors (Lipinski definition) is 2. The molecular weight excluding hydrogens is 198 g/mol. The third-order valence-electron chi connectivity index (χ3n) is 2.67. The predicted molar refractivity (Wildman–Crippen MR) is 61.5 cm³/mol. The fourth-order valence-electron chi connectivity index (χ4n) is 2.08. The molecule has 0 radical (unpaired) electrons. The van der Waals surface area contributed by atoms with E-state index in [0.29, 0.717) is 6.04 Å². The number of rotatable bonds is 0. The lowest BCUT2D eigenvalue weighted by molar-refractivity contribution is 0.804. The van der Waals surface area contributed by atoms with Gasteiger partial charge in [-0.25, -0.2) is 0 Å². The zero-order chi connectivity index (χ0) is 8.84. The fraction of sp³-hybridized carbons (Fsp3) is 0.300. The monoisotopic (exact) mass is 207 g/mol. The molecule has 2 aliphatic heterocycles. The van der Waals surface area contributed by atoms with Crippen LogP contribution < -0.4 is 4.90 Å². The summed E-state index contributed by atoms with van der Waals surface area (Å²) in [5.74, 6) is 1.16. The molecular formula is C10H9NS2. The molecule has 13 heavy (non-hydrogen) atoms. The van der Waals surface area contributed by atoms with Crippen LogP contribution in [0.3, 0.4) is 0 Å². The highest BCUT2D eigenvalue weighted by molar-refractivity contribution is 8.23. The van der Waals surface area contributed by atoms with Gasteiger partial charge >= 0.3 is 0 Å². The number of anilines is 1. The van der Waals surface area contributed by atoms with Gasteiger partial charge in [-0.05, 0) is 18.1 Å². The molecule has 1 aromatic rings. The van der Waals surface area contributed by atoms with Gasteiger partial charge in [0, 0.05) is 17.5 Å². The van der Waals surface area contributed by atoms with Gasteiger partial charge in [0.25, 0.3) is 0 Å². The largest absolute Gasteiger partial charge is 0.323 e. The Kier molecular flexibility index (Phi) is 1.64. The van der Waals surface area contributed by atoms with Crippen LogP contribution in [0, 0.1) is 0 Å². The summed E-state index contributed by atoms with van der Waals surface area (Å²) in [5, 5.41) is 0. The van der Waals surface area contributed by atoms with E-state index >= 15 is 0 Å². The number of benzene rings is 1. The second-order valence-electron chi connectivity index (χ2n) is 3.43. The van der Waals surface area contributed by atoms with Crippen molar-refractivity contribution in [1.29, 1.82) is 0 Å². The van der Waals surface area contributed by atoms with Crippen LogP contribution in [0.25, 0.3) is 0 Å². The zero-order valence-corrected chi connectivity index (χ0v) is 8.70. The maximum atomic E-state index is 5.32. The SMILES string of the molecule is S=C1SCC2Cc3ccccc3N12. The van der Waals surface area contributed by atoms with Crippen LogP contribution in [-0.4, -0.2) is 16.1 Å². The molecule has 0 aromatic heterocycles. The summed E-state index contributed by atoms with van der Waals surface area (Å²) in [7, 11) is 0. The molecule has 1 nitrogen and oxygen atoms in total. The molecule has 1 saturated heterocycles. The molecule has 0 bridgehead atoms. The maximum Gasteiger partial charge on any atom is 0.141 e. The zero-order valence-electron chi connectivity index (χ0n) is 7.06. The molecule has 66 valence electrons. The van der Waals surface area contributed by atoms with Crippen molar-refractivity contribution >= 4 is 34.0 Å². The summed E-state index contributed by atoms with van der Waals surface area (Å²) in [6.07, 6.45) is 1.17. The molecule has 1 unspecified atom stereocenters. The summed E-state index contributed by atoms with van der Waals surface area (Å²) in [6, 6.07) is 9.22. The van der Waals surface area contributed by atoms with Gasteiger partial charge in [-0.1, -0.05) is 42.2 Å². The molecule has 2 heterocycles. The molecule has 3 heteroatoms. The lowest BCUT2D eigenvalue weighted by Gasteiger charge is -2.16. The summed E-state index contributed by atoms with van der Waals surface area (Å²) in [4.78, 5) is 2.31. The van der Waals surface area contributed by atoms with Crippen molar-refractivity contribution in [2.45, 2.75) is 12.5 Å². The number of fused-ring (bicyclic) bond motifs is 3. The van der Waals surface area contributed by atoms with E-state index < -0.39 is 0 Å². The molecule has 2 aliphatic rings. The number of hydrogen-bond donors (Lipinski definition) is 0. The highest BCUT2D eigenvalue weighted by atomic mass is 32.2. The van der Waals surface area contributed by atoms with E-state index in [9.17, 15) is 0 Å². The van der Waals surface area contributed by atoms with Crippen LogP contribution in [-0.2, 0) is 6.42 Å². The molecule has 3 rings (SSSR count). The van der Waals surface area contributed by atoms with Crippen LogP contribution in [0.1, 0.15) is 5.56 Å². The molecule has 0 saturated carbocycles. The Labute approximate surface area is 87.1 Å². The van der Waals surface area contributed by atoms with E-state index in [0.717, 1.165) is 10.1 Å². The van der Waals surface area contributed by atoms with E-state index in [4.69, 9.17) is 12.2 Å². The first-order chi connectivity index (χ1) is 6.36. The lowest BCUT2D eigenvalue weighted by atomic mass is 10.1. The molecule has 1 fully saturated rings. The minimum absolute atomic E-state index is 0.634. The van der Waals surface area contributed by atoms with Crippen molar-refractivity contribution < 1.29 is 0 Å². The topological polar surface area (TPSA) is 3.24 Å². The van der Waals surface area contributed by atoms with Gasteiger partial charge in [-0.15, -0.1) is 0 Å². The fourth-order valence-corrected chi connectivity index (χ4v) is 3.52. The average molecular weight is 207 g/mol. The molecule has 0 amide bonds. The van der Waals surface area contributed by atoms with E-state index in [-0.39, 0.29) is 0 Å². The van der Waals surface area contributed by atoms with Crippen molar-refractivity contribution in [2.75, 3.05) is 10.7 Å².